The van der Waals surface area contributed by atoms with Gasteiger partial charge in [-0.2, -0.15) is 0 Å². The Morgan fingerprint density at radius 3 is 2.75 bits per heavy atom. The van der Waals surface area contributed by atoms with E-state index in [1.807, 2.05) is 34.8 Å². The molecular formula is C17H20N2O3S2. The summed E-state index contributed by atoms with van der Waals surface area (Å²) in [6, 6.07) is 3.72. The number of amides is 1. The van der Waals surface area contributed by atoms with Gasteiger partial charge in [0.1, 0.15) is 0 Å². The number of esters is 1. The smallest absolute Gasteiger partial charge is 0.309 e. The Bertz CT molecular complexity index is 689. The van der Waals surface area contributed by atoms with E-state index in [0.717, 1.165) is 17.0 Å². The van der Waals surface area contributed by atoms with Gasteiger partial charge in [0.15, 0.2) is 0 Å². The van der Waals surface area contributed by atoms with Crippen LogP contribution < -0.4 is 0 Å². The first-order valence-electron chi connectivity index (χ1n) is 8.03. The van der Waals surface area contributed by atoms with Crippen molar-refractivity contribution in [1.82, 2.24) is 9.88 Å². The number of thiophene rings is 1. The summed E-state index contributed by atoms with van der Waals surface area (Å²) in [7, 11) is 0. The summed E-state index contributed by atoms with van der Waals surface area (Å²) in [4.78, 5) is 32.4. The number of likely N-dealkylation sites (tertiary alicyclic amines) is 1. The van der Waals surface area contributed by atoms with Gasteiger partial charge in [0, 0.05) is 24.4 Å². The Balaban J connectivity index is 1.42. The van der Waals surface area contributed by atoms with E-state index in [1.54, 1.807) is 11.3 Å². The van der Waals surface area contributed by atoms with E-state index in [1.165, 1.54) is 16.2 Å². The molecule has 0 bridgehead atoms. The van der Waals surface area contributed by atoms with E-state index in [2.05, 4.69) is 4.98 Å². The van der Waals surface area contributed by atoms with Crippen LogP contribution in [0.3, 0.4) is 0 Å². The Morgan fingerprint density at radius 1 is 1.33 bits per heavy atom. The maximum absolute atomic E-state index is 12.3. The second kappa shape index (κ2) is 7.90. The van der Waals surface area contributed by atoms with Crippen molar-refractivity contribution in [1.29, 1.82) is 0 Å². The molecule has 0 aliphatic carbocycles. The first kappa shape index (κ1) is 17.1. The zero-order valence-electron chi connectivity index (χ0n) is 13.6. The van der Waals surface area contributed by atoms with Gasteiger partial charge in [-0.15, -0.1) is 22.7 Å². The number of hydrogen-bond acceptors (Lipinski definition) is 6. The van der Waals surface area contributed by atoms with Crippen molar-refractivity contribution in [3.05, 3.63) is 38.5 Å². The molecule has 0 saturated carbocycles. The lowest BCUT2D eigenvalue weighted by Gasteiger charge is -2.30. The van der Waals surface area contributed by atoms with E-state index in [-0.39, 0.29) is 17.8 Å². The third-order valence-corrected chi connectivity index (χ3v) is 6.12. The number of piperidine rings is 1. The lowest BCUT2D eigenvalue weighted by Crippen LogP contribution is -2.40. The van der Waals surface area contributed by atoms with Crippen LogP contribution in [0.2, 0.25) is 0 Å². The fraction of sp³-hybridized carbons (Fsp3) is 0.471. The summed E-state index contributed by atoms with van der Waals surface area (Å²) in [5.74, 6) is -0.169. The van der Waals surface area contributed by atoms with Gasteiger partial charge < -0.3 is 9.64 Å². The summed E-state index contributed by atoms with van der Waals surface area (Å²) in [6.07, 6.45) is 2.07. The van der Waals surface area contributed by atoms with Gasteiger partial charge in [0.05, 0.1) is 28.6 Å². The first-order chi connectivity index (χ1) is 11.6. The van der Waals surface area contributed by atoms with Crippen LogP contribution in [0.4, 0.5) is 0 Å². The molecule has 24 heavy (non-hydrogen) atoms. The zero-order valence-corrected chi connectivity index (χ0v) is 15.2. The molecule has 1 amide bonds. The average Bonchev–Trinajstić information content (AvgIpc) is 3.26. The highest BCUT2D eigenvalue weighted by atomic mass is 32.1. The minimum absolute atomic E-state index is 0.0671. The van der Waals surface area contributed by atoms with Gasteiger partial charge >= 0.3 is 5.97 Å². The molecular weight excluding hydrogens is 344 g/mol. The fourth-order valence-corrected chi connectivity index (χ4v) is 4.26. The Morgan fingerprint density at radius 2 is 2.12 bits per heavy atom. The van der Waals surface area contributed by atoms with Crippen LogP contribution >= 0.6 is 22.7 Å². The van der Waals surface area contributed by atoms with Crippen molar-refractivity contribution >= 4 is 34.6 Å². The average molecular weight is 364 g/mol. The van der Waals surface area contributed by atoms with Gasteiger partial charge in [0.25, 0.3) is 5.91 Å². The number of ether oxygens (including phenoxy) is 1. The standard InChI is InChI=1S/C17H20N2O3S2/c1-12-14(24-11-18-12)6-9-22-17(21)13-4-7-19(8-5-13)16(20)15-3-2-10-23-15/h2-3,10-11,13H,4-9H2,1H3. The Labute approximate surface area is 149 Å². The molecule has 3 rings (SSSR count). The van der Waals surface area contributed by atoms with Gasteiger partial charge in [-0.05, 0) is 31.2 Å². The van der Waals surface area contributed by atoms with Crippen molar-refractivity contribution in [3.8, 4) is 0 Å². The molecule has 0 aromatic carbocycles. The topological polar surface area (TPSA) is 59.5 Å². The van der Waals surface area contributed by atoms with Crippen LogP contribution in [0, 0.1) is 12.8 Å². The van der Waals surface area contributed by atoms with Gasteiger partial charge in [-0.25, -0.2) is 4.98 Å². The minimum Gasteiger partial charge on any atom is -0.465 e. The maximum atomic E-state index is 12.3. The van der Waals surface area contributed by atoms with Crippen LogP contribution in [0.25, 0.3) is 0 Å². The molecule has 0 unspecified atom stereocenters. The van der Waals surface area contributed by atoms with Crippen LogP contribution in [0.15, 0.2) is 23.0 Å². The van der Waals surface area contributed by atoms with Crippen LogP contribution in [-0.4, -0.2) is 41.5 Å². The van der Waals surface area contributed by atoms with E-state index < -0.39 is 0 Å². The van der Waals surface area contributed by atoms with Gasteiger partial charge in [-0.3, -0.25) is 9.59 Å². The number of thiazole rings is 1. The van der Waals surface area contributed by atoms with E-state index in [9.17, 15) is 9.59 Å². The number of hydrogen-bond donors (Lipinski definition) is 0. The molecule has 7 heteroatoms. The number of carbonyl (C=O) groups is 2. The predicted molar refractivity (Wildman–Crippen MR) is 94.5 cm³/mol. The highest BCUT2D eigenvalue weighted by molar-refractivity contribution is 7.12. The summed E-state index contributed by atoms with van der Waals surface area (Å²) < 4.78 is 5.42. The highest BCUT2D eigenvalue weighted by Gasteiger charge is 2.29. The SMILES string of the molecule is Cc1ncsc1CCOC(=O)C1CCN(C(=O)c2cccs2)CC1. The molecule has 1 saturated heterocycles. The second-order valence-corrected chi connectivity index (χ2v) is 7.71. The Kier molecular flexibility index (Phi) is 5.63. The number of nitrogens with zero attached hydrogens (tertiary/aromatic N) is 2. The molecule has 0 radical (unpaired) electrons. The van der Waals surface area contributed by atoms with Crippen LogP contribution in [0.1, 0.15) is 33.1 Å². The molecule has 2 aromatic rings. The van der Waals surface area contributed by atoms with Crippen molar-refractivity contribution < 1.29 is 14.3 Å². The summed E-state index contributed by atoms with van der Waals surface area (Å²) in [5, 5.41) is 1.90. The number of aryl methyl sites for hydroxylation is 1. The molecule has 1 fully saturated rings. The molecule has 128 valence electrons. The summed E-state index contributed by atoms with van der Waals surface area (Å²) >= 11 is 3.05. The summed E-state index contributed by atoms with van der Waals surface area (Å²) in [5.41, 5.74) is 2.82. The lowest BCUT2D eigenvalue weighted by atomic mass is 9.97. The quantitative estimate of drug-likeness (QED) is 0.765. The third-order valence-electron chi connectivity index (χ3n) is 4.27. The van der Waals surface area contributed by atoms with Gasteiger partial charge in [-0.1, -0.05) is 6.07 Å². The van der Waals surface area contributed by atoms with Crippen LogP contribution in [0.5, 0.6) is 0 Å². The summed E-state index contributed by atoms with van der Waals surface area (Å²) in [6.45, 7) is 3.60. The third kappa shape index (κ3) is 4.02. The number of rotatable bonds is 5. The molecule has 2 aromatic heterocycles. The number of aromatic nitrogens is 1. The molecule has 1 aliphatic heterocycles. The maximum Gasteiger partial charge on any atom is 0.309 e. The van der Waals surface area contributed by atoms with Gasteiger partial charge in [0.2, 0.25) is 0 Å². The molecule has 0 N–H and O–H groups in total. The van der Waals surface area contributed by atoms with Crippen LogP contribution in [-0.2, 0) is 16.0 Å². The van der Waals surface area contributed by atoms with E-state index in [4.69, 9.17) is 4.74 Å². The normalized spacial score (nSPS) is 15.5. The van der Waals surface area contributed by atoms with Crippen molar-refractivity contribution in [2.75, 3.05) is 19.7 Å². The minimum atomic E-state index is -0.139. The Hall–Kier alpha value is -1.73. The number of carbonyl (C=O) groups excluding carboxylic acids is 2. The molecule has 5 nitrogen and oxygen atoms in total. The highest BCUT2D eigenvalue weighted by Crippen LogP contribution is 2.22. The zero-order chi connectivity index (χ0) is 16.9. The largest absolute Gasteiger partial charge is 0.465 e. The second-order valence-electron chi connectivity index (χ2n) is 5.82. The van der Waals surface area contributed by atoms with E-state index in [0.29, 0.717) is 32.5 Å². The molecule has 0 atom stereocenters. The van der Waals surface area contributed by atoms with Crippen molar-refractivity contribution in [3.63, 3.8) is 0 Å². The van der Waals surface area contributed by atoms with E-state index >= 15 is 0 Å². The predicted octanol–water partition coefficient (Wildman–Crippen LogP) is 3.15. The monoisotopic (exact) mass is 364 g/mol. The van der Waals surface area contributed by atoms with Crippen molar-refractivity contribution in [2.45, 2.75) is 26.2 Å². The van der Waals surface area contributed by atoms with Crippen molar-refractivity contribution in [2.24, 2.45) is 5.92 Å². The molecule has 3 heterocycles. The first-order valence-corrected chi connectivity index (χ1v) is 9.79. The molecule has 0 spiro atoms. The fourth-order valence-electron chi connectivity index (χ4n) is 2.80. The lowest BCUT2D eigenvalue weighted by molar-refractivity contribution is -0.149. The molecule has 1 aliphatic rings.